The molecule has 0 radical (unpaired) electrons. The zero-order chi connectivity index (χ0) is 13.9. The molecule has 0 fully saturated rings. The second-order valence-corrected chi connectivity index (χ2v) is 4.80. The third-order valence-electron chi connectivity index (χ3n) is 3.56. The smallest absolute Gasteiger partial charge is 0.327 e. The normalized spacial score (nSPS) is 13.8. The molecule has 2 aromatic rings. The Bertz CT molecular complexity index is 620. The van der Waals surface area contributed by atoms with Crippen molar-refractivity contribution in [1.29, 1.82) is 0 Å². The van der Waals surface area contributed by atoms with Gasteiger partial charge < -0.3 is 10.1 Å². The molecule has 1 aliphatic heterocycles. The lowest BCUT2D eigenvalue weighted by atomic mass is 10.0. The standard InChI is InChI=1S/C15H17N3O2/c1-20-14(19)10-18-13-7-8-16-9-12(13)15(17-18)11-5-3-2-4-6-11/h2-6,16H,7-10H2,1H3. The topological polar surface area (TPSA) is 56.2 Å². The van der Waals surface area contributed by atoms with Crippen LogP contribution in [0.1, 0.15) is 11.3 Å². The van der Waals surface area contributed by atoms with E-state index in [1.165, 1.54) is 12.7 Å². The highest BCUT2D eigenvalue weighted by atomic mass is 16.5. The summed E-state index contributed by atoms with van der Waals surface area (Å²) in [6.07, 6.45) is 0.881. The van der Waals surface area contributed by atoms with Crippen LogP contribution in [0.4, 0.5) is 0 Å². The number of ether oxygens (including phenoxy) is 1. The SMILES string of the molecule is COC(=O)Cn1nc(-c2ccccc2)c2c1CCNC2. The van der Waals surface area contributed by atoms with E-state index in [-0.39, 0.29) is 12.5 Å². The number of carbonyl (C=O) groups is 1. The molecule has 2 heterocycles. The van der Waals surface area contributed by atoms with E-state index in [1.54, 1.807) is 4.68 Å². The van der Waals surface area contributed by atoms with Gasteiger partial charge in [0.2, 0.25) is 0 Å². The molecule has 0 spiro atoms. The summed E-state index contributed by atoms with van der Waals surface area (Å²) in [5, 5.41) is 7.99. The van der Waals surface area contributed by atoms with E-state index in [9.17, 15) is 4.79 Å². The Morgan fingerprint density at radius 2 is 2.20 bits per heavy atom. The Hall–Kier alpha value is -2.14. The molecule has 5 heteroatoms. The summed E-state index contributed by atoms with van der Waals surface area (Å²) in [6.45, 7) is 1.88. The molecule has 1 aromatic heterocycles. The third-order valence-corrected chi connectivity index (χ3v) is 3.56. The molecule has 0 bridgehead atoms. The highest BCUT2D eigenvalue weighted by Crippen LogP contribution is 2.27. The largest absolute Gasteiger partial charge is 0.468 e. The number of esters is 1. The van der Waals surface area contributed by atoms with Crippen LogP contribution in [0.5, 0.6) is 0 Å². The molecule has 5 nitrogen and oxygen atoms in total. The number of methoxy groups -OCH3 is 1. The Morgan fingerprint density at radius 3 is 2.95 bits per heavy atom. The fourth-order valence-electron chi connectivity index (χ4n) is 2.57. The molecule has 0 atom stereocenters. The van der Waals surface area contributed by atoms with Crippen molar-refractivity contribution < 1.29 is 9.53 Å². The highest BCUT2D eigenvalue weighted by Gasteiger charge is 2.22. The molecule has 0 unspecified atom stereocenters. The van der Waals surface area contributed by atoms with Crippen LogP contribution in [0.3, 0.4) is 0 Å². The van der Waals surface area contributed by atoms with E-state index in [0.29, 0.717) is 0 Å². The summed E-state index contributed by atoms with van der Waals surface area (Å²) in [5.41, 5.74) is 4.35. The van der Waals surface area contributed by atoms with Gasteiger partial charge in [0.15, 0.2) is 0 Å². The molecule has 0 aliphatic carbocycles. The van der Waals surface area contributed by atoms with E-state index in [1.807, 2.05) is 30.3 Å². The molecule has 0 amide bonds. The minimum Gasteiger partial charge on any atom is -0.468 e. The van der Waals surface area contributed by atoms with Crippen molar-refractivity contribution in [3.8, 4) is 11.3 Å². The second kappa shape index (κ2) is 5.46. The Kier molecular flexibility index (Phi) is 3.52. The van der Waals surface area contributed by atoms with Crippen molar-refractivity contribution in [3.63, 3.8) is 0 Å². The molecular formula is C15H17N3O2. The first-order chi connectivity index (χ1) is 9.79. The van der Waals surface area contributed by atoms with E-state index >= 15 is 0 Å². The van der Waals surface area contributed by atoms with Crippen molar-refractivity contribution in [2.24, 2.45) is 0 Å². The van der Waals surface area contributed by atoms with Crippen molar-refractivity contribution in [2.45, 2.75) is 19.5 Å². The lowest BCUT2D eigenvalue weighted by Crippen LogP contribution is -2.26. The van der Waals surface area contributed by atoms with Crippen LogP contribution >= 0.6 is 0 Å². The maximum Gasteiger partial charge on any atom is 0.327 e. The van der Waals surface area contributed by atoms with E-state index in [2.05, 4.69) is 10.4 Å². The summed E-state index contributed by atoms with van der Waals surface area (Å²) in [7, 11) is 1.40. The highest BCUT2D eigenvalue weighted by molar-refractivity contribution is 5.70. The Morgan fingerprint density at radius 1 is 1.40 bits per heavy atom. The summed E-state index contributed by atoms with van der Waals surface area (Å²) in [4.78, 5) is 11.5. The first kappa shape index (κ1) is 12.9. The maximum atomic E-state index is 11.5. The van der Waals surface area contributed by atoms with Crippen LogP contribution in [0.15, 0.2) is 30.3 Å². The van der Waals surface area contributed by atoms with Gasteiger partial charge in [-0.1, -0.05) is 30.3 Å². The zero-order valence-corrected chi connectivity index (χ0v) is 11.4. The van der Waals surface area contributed by atoms with Crippen molar-refractivity contribution in [2.75, 3.05) is 13.7 Å². The van der Waals surface area contributed by atoms with Gasteiger partial charge in [-0.05, 0) is 0 Å². The molecule has 104 valence electrons. The maximum absolute atomic E-state index is 11.5. The molecule has 0 saturated heterocycles. The van der Waals surface area contributed by atoms with Gasteiger partial charge in [-0.2, -0.15) is 5.10 Å². The zero-order valence-electron chi connectivity index (χ0n) is 11.4. The van der Waals surface area contributed by atoms with Crippen LogP contribution in [-0.2, 0) is 29.0 Å². The number of fused-ring (bicyclic) bond motifs is 1. The second-order valence-electron chi connectivity index (χ2n) is 4.80. The van der Waals surface area contributed by atoms with Gasteiger partial charge >= 0.3 is 5.97 Å². The number of hydrogen-bond donors (Lipinski definition) is 1. The van der Waals surface area contributed by atoms with Gasteiger partial charge in [0.05, 0.1) is 12.8 Å². The number of carbonyl (C=O) groups excluding carboxylic acids is 1. The summed E-state index contributed by atoms with van der Waals surface area (Å²) in [6, 6.07) is 10.1. The van der Waals surface area contributed by atoms with Crippen LogP contribution in [0.2, 0.25) is 0 Å². The predicted octanol–water partition coefficient (Wildman–Crippen LogP) is 1.37. The van der Waals surface area contributed by atoms with E-state index in [4.69, 9.17) is 4.74 Å². The van der Waals surface area contributed by atoms with Gasteiger partial charge in [0, 0.05) is 36.3 Å². The monoisotopic (exact) mass is 271 g/mol. The Labute approximate surface area is 117 Å². The van der Waals surface area contributed by atoms with Crippen molar-refractivity contribution >= 4 is 5.97 Å². The average Bonchev–Trinajstić information content (AvgIpc) is 2.87. The average molecular weight is 271 g/mol. The molecule has 1 N–H and O–H groups in total. The first-order valence-corrected chi connectivity index (χ1v) is 6.71. The molecule has 1 aromatic carbocycles. The molecule has 3 rings (SSSR count). The van der Waals surface area contributed by atoms with Gasteiger partial charge in [0.25, 0.3) is 0 Å². The summed E-state index contributed by atoms with van der Waals surface area (Å²) < 4.78 is 6.53. The van der Waals surface area contributed by atoms with Crippen LogP contribution in [-0.4, -0.2) is 29.4 Å². The van der Waals surface area contributed by atoms with Crippen LogP contribution in [0.25, 0.3) is 11.3 Å². The molecule has 1 aliphatic rings. The predicted molar refractivity (Wildman–Crippen MR) is 75.1 cm³/mol. The van der Waals surface area contributed by atoms with Gasteiger partial charge in [0.1, 0.15) is 6.54 Å². The van der Waals surface area contributed by atoms with E-state index < -0.39 is 0 Å². The van der Waals surface area contributed by atoms with Crippen LogP contribution in [0, 0.1) is 0 Å². The van der Waals surface area contributed by atoms with Crippen molar-refractivity contribution in [3.05, 3.63) is 41.6 Å². The lowest BCUT2D eigenvalue weighted by Gasteiger charge is -2.15. The quantitative estimate of drug-likeness (QED) is 0.857. The fourth-order valence-corrected chi connectivity index (χ4v) is 2.57. The number of nitrogens with one attached hydrogen (secondary N) is 1. The minimum absolute atomic E-state index is 0.172. The number of rotatable bonds is 3. The third kappa shape index (κ3) is 2.32. The van der Waals surface area contributed by atoms with Crippen LogP contribution < -0.4 is 5.32 Å². The van der Waals surface area contributed by atoms with Gasteiger partial charge in [-0.25, -0.2) is 0 Å². The lowest BCUT2D eigenvalue weighted by molar-refractivity contribution is -0.141. The van der Waals surface area contributed by atoms with E-state index in [0.717, 1.165) is 36.5 Å². The number of hydrogen-bond acceptors (Lipinski definition) is 4. The minimum atomic E-state index is -0.270. The first-order valence-electron chi connectivity index (χ1n) is 6.71. The molecule has 0 saturated carbocycles. The Balaban J connectivity index is 2.05. The molecular weight excluding hydrogens is 254 g/mol. The van der Waals surface area contributed by atoms with Gasteiger partial charge in [-0.3, -0.25) is 9.48 Å². The number of nitrogens with zero attached hydrogens (tertiary/aromatic N) is 2. The van der Waals surface area contributed by atoms with Crippen molar-refractivity contribution in [1.82, 2.24) is 15.1 Å². The number of benzene rings is 1. The summed E-state index contributed by atoms with van der Waals surface area (Å²) in [5.74, 6) is -0.270. The fraction of sp³-hybridized carbons (Fsp3) is 0.333. The van der Waals surface area contributed by atoms with Gasteiger partial charge in [-0.15, -0.1) is 0 Å². The number of aromatic nitrogens is 2. The molecule has 20 heavy (non-hydrogen) atoms. The summed E-state index contributed by atoms with van der Waals surface area (Å²) >= 11 is 0.